The summed E-state index contributed by atoms with van der Waals surface area (Å²) in [6.07, 6.45) is -4.70. The largest absolute Gasteiger partial charge is 0.431 e. The van der Waals surface area contributed by atoms with Crippen LogP contribution in [0.5, 0.6) is 0 Å². The van der Waals surface area contributed by atoms with Crippen molar-refractivity contribution in [1.29, 1.82) is 5.26 Å². The van der Waals surface area contributed by atoms with Crippen LogP contribution in [0.4, 0.5) is 13.2 Å². The van der Waals surface area contributed by atoms with Crippen LogP contribution in [-0.4, -0.2) is 4.98 Å². The Labute approximate surface area is 89.3 Å². The highest BCUT2D eigenvalue weighted by Crippen LogP contribution is 2.35. The number of halogens is 3. The number of benzene rings is 1. The number of hydrogen-bond acceptors (Lipinski definition) is 1. The van der Waals surface area contributed by atoms with Gasteiger partial charge in [0.1, 0.15) is 5.69 Å². The van der Waals surface area contributed by atoms with Gasteiger partial charge in [0, 0.05) is 16.5 Å². The number of nitrogens with one attached hydrogen (secondary N) is 1. The molecule has 0 amide bonds. The second kappa shape index (κ2) is 3.56. The van der Waals surface area contributed by atoms with Crippen molar-refractivity contribution in [3.05, 3.63) is 35.5 Å². The standard InChI is InChI=1S/C11H7F3N2/c12-11(13,14)10-8(5-6-15)7-3-1-2-4-9(7)16-10/h1-4,16H,5H2. The van der Waals surface area contributed by atoms with Crippen LogP contribution >= 0.6 is 0 Å². The van der Waals surface area contributed by atoms with Gasteiger partial charge >= 0.3 is 6.18 Å². The maximum atomic E-state index is 12.7. The van der Waals surface area contributed by atoms with Crippen molar-refractivity contribution < 1.29 is 13.2 Å². The Balaban J connectivity index is 2.74. The summed E-state index contributed by atoms with van der Waals surface area (Å²) in [5.74, 6) is 0. The average molecular weight is 224 g/mol. The first kappa shape index (κ1) is 10.6. The molecule has 0 saturated heterocycles. The normalized spacial score (nSPS) is 11.6. The minimum absolute atomic E-state index is 0.0191. The molecule has 0 aliphatic heterocycles. The second-order valence-electron chi connectivity index (χ2n) is 3.36. The van der Waals surface area contributed by atoms with Gasteiger partial charge < -0.3 is 4.98 Å². The van der Waals surface area contributed by atoms with Gasteiger partial charge in [0.05, 0.1) is 12.5 Å². The number of nitrogens with zero attached hydrogens (tertiary/aromatic N) is 1. The molecule has 0 atom stereocenters. The quantitative estimate of drug-likeness (QED) is 0.793. The molecule has 1 aromatic heterocycles. The average Bonchev–Trinajstić information content (AvgIpc) is 2.58. The van der Waals surface area contributed by atoms with Crippen molar-refractivity contribution in [3.8, 4) is 6.07 Å². The lowest BCUT2D eigenvalue weighted by Gasteiger charge is -2.05. The highest BCUT2D eigenvalue weighted by molar-refractivity contribution is 5.85. The van der Waals surface area contributed by atoms with E-state index in [2.05, 4.69) is 4.98 Å². The lowest BCUT2D eigenvalue weighted by molar-refractivity contribution is -0.141. The molecule has 2 aromatic rings. The number of hydrogen-bond donors (Lipinski definition) is 1. The highest BCUT2D eigenvalue weighted by Gasteiger charge is 2.36. The molecule has 16 heavy (non-hydrogen) atoms. The van der Waals surface area contributed by atoms with Crippen molar-refractivity contribution >= 4 is 10.9 Å². The van der Waals surface area contributed by atoms with Gasteiger partial charge in [0.15, 0.2) is 0 Å². The van der Waals surface area contributed by atoms with Crippen LogP contribution in [-0.2, 0) is 12.6 Å². The number of rotatable bonds is 1. The SMILES string of the molecule is N#CCc1c(C(F)(F)F)[nH]c2ccccc12. The van der Waals surface area contributed by atoms with E-state index in [0.29, 0.717) is 10.9 Å². The molecule has 0 radical (unpaired) electrons. The highest BCUT2D eigenvalue weighted by atomic mass is 19.4. The number of alkyl halides is 3. The van der Waals surface area contributed by atoms with Crippen LogP contribution in [0.3, 0.4) is 0 Å². The van der Waals surface area contributed by atoms with Crippen LogP contribution in [0, 0.1) is 11.3 Å². The molecule has 82 valence electrons. The first-order valence-corrected chi connectivity index (χ1v) is 4.58. The third kappa shape index (κ3) is 1.63. The maximum Gasteiger partial charge on any atom is 0.431 e. The molecule has 0 aliphatic rings. The first-order chi connectivity index (χ1) is 7.54. The monoisotopic (exact) mass is 224 g/mol. The van der Waals surface area contributed by atoms with Gasteiger partial charge in [-0.25, -0.2) is 0 Å². The van der Waals surface area contributed by atoms with Crippen LogP contribution in [0.15, 0.2) is 24.3 Å². The van der Waals surface area contributed by atoms with Crippen molar-refractivity contribution in [2.75, 3.05) is 0 Å². The molecule has 2 nitrogen and oxygen atoms in total. The number of aromatic nitrogens is 1. The third-order valence-corrected chi connectivity index (χ3v) is 2.35. The van der Waals surface area contributed by atoms with Gasteiger partial charge in [-0.05, 0) is 6.07 Å². The van der Waals surface area contributed by atoms with Gasteiger partial charge in [-0.3, -0.25) is 0 Å². The fourth-order valence-corrected chi connectivity index (χ4v) is 1.70. The van der Waals surface area contributed by atoms with E-state index in [-0.39, 0.29) is 12.0 Å². The lowest BCUT2D eigenvalue weighted by atomic mass is 10.1. The maximum absolute atomic E-state index is 12.7. The van der Waals surface area contributed by atoms with E-state index in [4.69, 9.17) is 5.26 Å². The Kier molecular flexibility index (Phi) is 2.35. The van der Waals surface area contributed by atoms with Crippen molar-refractivity contribution in [1.82, 2.24) is 4.98 Å². The predicted octanol–water partition coefficient (Wildman–Crippen LogP) is 3.25. The molecule has 1 N–H and O–H groups in total. The van der Waals surface area contributed by atoms with Crippen LogP contribution in [0.1, 0.15) is 11.3 Å². The molecule has 1 aromatic carbocycles. The first-order valence-electron chi connectivity index (χ1n) is 4.58. The molecule has 0 saturated carbocycles. The Hall–Kier alpha value is -1.96. The molecule has 1 heterocycles. The summed E-state index contributed by atoms with van der Waals surface area (Å²) in [7, 11) is 0. The number of nitriles is 1. The third-order valence-electron chi connectivity index (χ3n) is 2.35. The summed E-state index contributed by atoms with van der Waals surface area (Å²) in [6.45, 7) is 0. The zero-order valence-electron chi connectivity index (χ0n) is 8.10. The smallest absolute Gasteiger partial charge is 0.351 e. The summed E-state index contributed by atoms with van der Waals surface area (Å²) in [5.41, 5.74) is -0.402. The summed E-state index contributed by atoms with van der Waals surface area (Å²) in [5, 5.41) is 9.01. The van der Waals surface area contributed by atoms with E-state index < -0.39 is 11.9 Å². The molecule has 0 spiro atoms. The zero-order valence-corrected chi connectivity index (χ0v) is 8.10. The summed E-state index contributed by atoms with van der Waals surface area (Å²) >= 11 is 0. The van der Waals surface area contributed by atoms with E-state index in [1.165, 1.54) is 0 Å². The summed E-state index contributed by atoms with van der Waals surface area (Å²) in [4.78, 5) is 2.31. The molecular formula is C11H7F3N2. The second-order valence-corrected chi connectivity index (χ2v) is 3.36. The lowest BCUT2D eigenvalue weighted by Crippen LogP contribution is -2.08. The minimum Gasteiger partial charge on any atom is -0.351 e. The molecule has 0 fully saturated rings. The van der Waals surface area contributed by atoms with E-state index >= 15 is 0 Å². The molecule has 2 rings (SSSR count). The number of para-hydroxylation sites is 1. The number of aromatic amines is 1. The van der Waals surface area contributed by atoms with Gasteiger partial charge in [-0.2, -0.15) is 18.4 Å². The van der Waals surface area contributed by atoms with E-state index in [1.54, 1.807) is 30.3 Å². The van der Waals surface area contributed by atoms with Crippen LogP contribution in [0.25, 0.3) is 10.9 Å². The van der Waals surface area contributed by atoms with Crippen molar-refractivity contribution in [2.24, 2.45) is 0 Å². The van der Waals surface area contributed by atoms with E-state index in [0.717, 1.165) is 0 Å². The predicted molar refractivity (Wildman–Crippen MR) is 52.6 cm³/mol. The topological polar surface area (TPSA) is 39.6 Å². The fourth-order valence-electron chi connectivity index (χ4n) is 1.70. The Morgan fingerprint density at radius 1 is 1.25 bits per heavy atom. The van der Waals surface area contributed by atoms with Crippen LogP contribution in [0.2, 0.25) is 0 Å². The zero-order chi connectivity index (χ0) is 11.8. The summed E-state index contributed by atoms with van der Waals surface area (Å²) < 4.78 is 38.0. The van der Waals surface area contributed by atoms with Gasteiger partial charge in [-0.1, -0.05) is 18.2 Å². The van der Waals surface area contributed by atoms with E-state index in [9.17, 15) is 13.2 Å². The van der Waals surface area contributed by atoms with Gasteiger partial charge in [-0.15, -0.1) is 0 Å². The molecule has 0 unspecified atom stereocenters. The van der Waals surface area contributed by atoms with Crippen LogP contribution < -0.4 is 0 Å². The number of H-pyrrole nitrogens is 1. The molecule has 5 heteroatoms. The Morgan fingerprint density at radius 2 is 1.94 bits per heavy atom. The van der Waals surface area contributed by atoms with E-state index in [1.807, 2.05) is 0 Å². The van der Waals surface area contributed by atoms with Gasteiger partial charge in [0.2, 0.25) is 0 Å². The van der Waals surface area contributed by atoms with Crippen molar-refractivity contribution in [3.63, 3.8) is 0 Å². The minimum atomic E-state index is -4.45. The Bertz CT molecular complexity index is 561. The Morgan fingerprint density at radius 3 is 2.56 bits per heavy atom. The summed E-state index contributed by atoms with van der Waals surface area (Å²) in [6, 6.07) is 8.19. The molecular weight excluding hydrogens is 217 g/mol. The van der Waals surface area contributed by atoms with Crippen molar-refractivity contribution in [2.45, 2.75) is 12.6 Å². The van der Waals surface area contributed by atoms with Gasteiger partial charge in [0.25, 0.3) is 0 Å². The molecule has 0 aliphatic carbocycles. The fraction of sp³-hybridized carbons (Fsp3) is 0.182. The number of fused-ring (bicyclic) bond motifs is 1. The molecule has 0 bridgehead atoms.